The fraction of sp³-hybridized carbons (Fsp3) is 0.222. The lowest BCUT2D eigenvalue weighted by Crippen LogP contribution is -2.14. The molecule has 0 saturated carbocycles. The van der Waals surface area contributed by atoms with Crippen molar-refractivity contribution in [3.8, 4) is 11.5 Å². The molecular formula is C18H16BrIO5. The van der Waals surface area contributed by atoms with Gasteiger partial charge in [-0.05, 0) is 53.8 Å². The van der Waals surface area contributed by atoms with Crippen molar-refractivity contribution in [1.82, 2.24) is 0 Å². The number of hydrogen-bond donors (Lipinski definition) is 0. The Bertz CT molecular complexity index is 774. The minimum absolute atomic E-state index is 0.270. The fourth-order valence-electron chi connectivity index (χ4n) is 2.06. The van der Waals surface area contributed by atoms with E-state index in [4.69, 9.17) is 14.2 Å². The molecule has 2 aromatic rings. The van der Waals surface area contributed by atoms with Crippen molar-refractivity contribution in [2.45, 2.75) is 6.92 Å². The summed E-state index contributed by atoms with van der Waals surface area (Å²) in [6.45, 7) is 2.02. The molecule has 0 radical (unpaired) electrons. The Balaban J connectivity index is 2.09. The van der Waals surface area contributed by atoms with Gasteiger partial charge in [0.2, 0.25) is 0 Å². The third-order valence-electron chi connectivity index (χ3n) is 3.25. The van der Waals surface area contributed by atoms with Crippen LogP contribution in [0.3, 0.4) is 0 Å². The van der Waals surface area contributed by atoms with E-state index in [1.807, 2.05) is 6.92 Å². The summed E-state index contributed by atoms with van der Waals surface area (Å²) in [6, 6.07) is 10.0. The number of Topliss-reactive ketones (excluding diaryl/α,β-unsaturated/α-hetero) is 1. The van der Waals surface area contributed by atoms with Crippen molar-refractivity contribution < 1.29 is 23.8 Å². The van der Waals surface area contributed by atoms with Gasteiger partial charge in [0.25, 0.3) is 0 Å². The Morgan fingerprint density at radius 2 is 1.80 bits per heavy atom. The van der Waals surface area contributed by atoms with Gasteiger partial charge in [-0.15, -0.1) is 0 Å². The Hall–Kier alpha value is -1.61. The van der Waals surface area contributed by atoms with Crippen molar-refractivity contribution in [3.63, 3.8) is 0 Å². The van der Waals surface area contributed by atoms with Gasteiger partial charge in [0.05, 0.1) is 22.9 Å². The first-order valence-corrected chi connectivity index (χ1v) is 9.29. The average molecular weight is 519 g/mol. The third-order valence-corrected chi connectivity index (χ3v) is 4.58. The van der Waals surface area contributed by atoms with E-state index in [1.54, 1.807) is 36.4 Å². The predicted octanol–water partition coefficient (Wildman–Crippen LogP) is 4.50. The van der Waals surface area contributed by atoms with Crippen LogP contribution in [0.2, 0.25) is 0 Å². The van der Waals surface area contributed by atoms with Gasteiger partial charge < -0.3 is 14.2 Å². The van der Waals surface area contributed by atoms with Crippen LogP contribution in [0.5, 0.6) is 11.5 Å². The van der Waals surface area contributed by atoms with Gasteiger partial charge in [-0.3, -0.25) is 4.79 Å². The van der Waals surface area contributed by atoms with Gasteiger partial charge in [-0.2, -0.15) is 0 Å². The number of carbonyl (C=O) groups is 2. The zero-order valence-electron chi connectivity index (χ0n) is 13.7. The quantitative estimate of drug-likeness (QED) is 0.307. The third kappa shape index (κ3) is 5.18. The van der Waals surface area contributed by atoms with Crippen molar-refractivity contribution >= 4 is 50.3 Å². The average Bonchev–Trinajstić information content (AvgIpc) is 2.61. The van der Waals surface area contributed by atoms with E-state index >= 15 is 0 Å². The van der Waals surface area contributed by atoms with E-state index in [0.717, 1.165) is 8.04 Å². The molecule has 0 aliphatic rings. The smallest absolute Gasteiger partial charge is 0.338 e. The van der Waals surface area contributed by atoms with Crippen LogP contribution < -0.4 is 9.47 Å². The predicted molar refractivity (Wildman–Crippen MR) is 106 cm³/mol. The number of esters is 1. The Kier molecular flexibility index (Phi) is 7.24. The van der Waals surface area contributed by atoms with Gasteiger partial charge >= 0.3 is 5.97 Å². The Morgan fingerprint density at radius 3 is 2.40 bits per heavy atom. The molecule has 132 valence electrons. The number of hydrogen-bond acceptors (Lipinski definition) is 5. The van der Waals surface area contributed by atoms with Crippen molar-refractivity contribution in [2.75, 3.05) is 20.3 Å². The van der Waals surface area contributed by atoms with Gasteiger partial charge in [-0.25, -0.2) is 4.79 Å². The monoisotopic (exact) mass is 518 g/mol. The minimum atomic E-state index is -0.593. The number of rotatable bonds is 7. The standard InChI is InChI=1S/C18H16BrIO5/c1-3-24-17-14(20)8-12(9-16(17)23-2)18(22)25-10-15(21)11-4-6-13(19)7-5-11/h4-9H,3,10H2,1-2H3. The molecule has 0 amide bonds. The van der Waals surface area contributed by atoms with Crippen molar-refractivity contribution in [2.24, 2.45) is 0 Å². The summed E-state index contributed by atoms with van der Waals surface area (Å²) in [7, 11) is 1.50. The summed E-state index contributed by atoms with van der Waals surface area (Å²) < 4.78 is 17.5. The molecule has 0 aliphatic heterocycles. The summed E-state index contributed by atoms with van der Waals surface area (Å²) in [4.78, 5) is 24.3. The maximum absolute atomic E-state index is 12.2. The molecule has 7 heteroatoms. The van der Waals surface area contributed by atoms with Gasteiger partial charge in [0.15, 0.2) is 23.9 Å². The first-order valence-electron chi connectivity index (χ1n) is 7.42. The highest BCUT2D eigenvalue weighted by Gasteiger charge is 2.17. The summed E-state index contributed by atoms with van der Waals surface area (Å²) >= 11 is 5.37. The largest absolute Gasteiger partial charge is 0.493 e. The van der Waals surface area contributed by atoms with Crippen LogP contribution in [0.15, 0.2) is 40.9 Å². The van der Waals surface area contributed by atoms with Crippen LogP contribution in [-0.2, 0) is 4.74 Å². The van der Waals surface area contributed by atoms with Crippen LogP contribution in [0.4, 0.5) is 0 Å². The lowest BCUT2D eigenvalue weighted by atomic mass is 10.1. The van der Waals surface area contributed by atoms with Crippen LogP contribution in [0.1, 0.15) is 27.6 Å². The molecule has 0 aliphatic carbocycles. The van der Waals surface area contributed by atoms with Crippen LogP contribution in [-0.4, -0.2) is 32.1 Å². The molecule has 2 aromatic carbocycles. The number of halogens is 2. The van der Waals surface area contributed by atoms with Gasteiger partial charge in [0.1, 0.15) is 0 Å². The van der Waals surface area contributed by atoms with Crippen LogP contribution in [0.25, 0.3) is 0 Å². The van der Waals surface area contributed by atoms with Crippen molar-refractivity contribution in [1.29, 1.82) is 0 Å². The molecular weight excluding hydrogens is 503 g/mol. The van der Waals surface area contributed by atoms with E-state index in [0.29, 0.717) is 29.2 Å². The molecule has 25 heavy (non-hydrogen) atoms. The minimum Gasteiger partial charge on any atom is -0.493 e. The second kappa shape index (κ2) is 9.19. The molecule has 0 aromatic heterocycles. The van der Waals surface area contributed by atoms with Crippen LogP contribution in [0, 0.1) is 3.57 Å². The van der Waals surface area contributed by atoms with E-state index in [1.165, 1.54) is 7.11 Å². The van der Waals surface area contributed by atoms with E-state index in [2.05, 4.69) is 38.5 Å². The molecule has 2 rings (SSSR count). The van der Waals surface area contributed by atoms with Gasteiger partial charge in [0, 0.05) is 10.0 Å². The SMILES string of the molecule is CCOc1c(I)cc(C(=O)OCC(=O)c2ccc(Br)cc2)cc1OC. The molecule has 5 nitrogen and oxygen atoms in total. The first kappa shape index (κ1) is 19.7. The first-order chi connectivity index (χ1) is 12.0. The Labute approximate surface area is 167 Å². The fourth-order valence-corrected chi connectivity index (χ4v) is 3.08. The lowest BCUT2D eigenvalue weighted by Gasteiger charge is -2.13. The molecule has 0 bridgehead atoms. The second-order valence-corrected chi connectivity index (χ2v) is 7.01. The molecule has 0 spiro atoms. The number of methoxy groups -OCH3 is 1. The second-order valence-electron chi connectivity index (χ2n) is 4.93. The zero-order valence-corrected chi connectivity index (χ0v) is 17.4. The van der Waals surface area contributed by atoms with E-state index in [9.17, 15) is 9.59 Å². The number of ether oxygens (including phenoxy) is 3. The maximum atomic E-state index is 12.2. The summed E-state index contributed by atoms with van der Waals surface area (Å²) in [5.41, 5.74) is 0.781. The lowest BCUT2D eigenvalue weighted by molar-refractivity contribution is 0.0474. The normalized spacial score (nSPS) is 10.2. The topological polar surface area (TPSA) is 61.8 Å². The maximum Gasteiger partial charge on any atom is 0.338 e. The summed E-state index contributed by atoms with van der Waals surface area (Å²) in [5.74, 6) is 0.159. The van der Waals surface area contributed by atoms with Crippen LogP contribution >= 0.6 is 38.5 Å². The highest BCUT2D eigenvalue weighted by Crippen LogP contribution is 2.34. The van der Waals surface area contributed by atoms with E-state index in [-0.39, 0.29) is 12.4 Å². The van der Waals surface area contributed by atoms with E-state index < -0.39 is 5.97 Å². The zero-order chi connectivity index (χ0) is 18.4. The molecule has 0 atom stereocenters. The van der Waals surface area contributed by atoms with Gasteiger partial charge in [-0.1, -0.05) is 28.1 Å². The Morgan fingerprint density at radius 1 is 1.12 bits per heavy atom. The molecule has 0 heterocycles. The van der Waals surface area contributed by atoms with Crippen molar-refractivity contribution in [3.05, 3.63) is 55.6 Å². The molecule has 0 N–H and O–H groups in total. The molecule has 0 fully saturated rings. The summed E-state index contributed by atoms with van der Waals surface area (Å²) in [5, 5.41) is 0. The molecule has 0 unspecified atom stereocenters. The number of carbonyl (C=O) groups excluding carboxylic acids is 2. The highest BCUT2D eigenvalue weighted by atomic mass is 127. The number of ketones is 1. The summed E-state index contributed by atoms with van der Waals surface area (Å²) in [6.07, 6.45) is 0. The molecule has 0 saturated heterocycles. The highest BCUT2D eigenvalue weighted by molar-refractivity contribution is 14.1. The number of benzene rings is 2.